The maximum absolute atomic E-state index is 13.6. The van der Waals surface area contributed by atoms with Crippen LogP contribution in [-0.2, 0) is 64.8 Å². The number of rotatable bonds is 25. The first kappa shape index (κ1) is 103. The molecule has 0 atom stereocenters. The fraction of sp³-hybridized carbons (Fsp3) is 0.239. The van der Waals surface area contributed by atoms with Crippen molar-refractivity contribution in [2.24, 2.45) is 5.73 Å². The number of nitrogens with zero attached hydrogens (tertiary/aromatic N) is 6. The number of hydrogen-bond donors (Lipinski definition) is 7. The van der Waals surface area contributed by atoms with E-state index in [2.05, 4.69) is 81.9 Å². The minimum Gasteiger partial charge on any atom is -0.497 e. The number of nitrogens with two attached hydrogens (primary N) is 1. The van der Waals surface area contributed by atoms with Gasteiger partial charge in [0.15, 0.2) is 6.29 Å². The van der Waals surface area contributed by atoms with Crippen LogP contribution in [0.4, 0.5) is 69.4 Å². The number of anilines is 5. The standard InChI is InChI=1S/C15H15FN2O3.C14H15FN2O2.C14H13FN2O2.C13H12BrFN2O.C13H13FN2O.C10H18O5.C8H11NO.C5H3F2N/c1-20-11-5-3-10(4-6-11)9-17-13-8-7-12(14(16)18-13)15(19)21-2;2*1-19-12-5-2-10(3-6-12)8-16-13-7-4-11(9-18)14(15)17-13;1-18-10-4-2-9(3-5-10)8-16-12-7-6-11(14)13(15)17-12;1-17-11-7-5-10(6-8-11)9-15-13-4-2-3-12(14)16-13;1-9(2,3)14-7(11)13-8(12)15-10(4,5)6;1-10-8-4-2-7(6-9)3-5-8;6-4-2-1-3-5(7)8-4/h3-8H,9H2,1-2H3,(H,17,18);2-7,18H,8-9H2,1H3,(H,16,17);2-7,9H,8H2,1H3,(H,16,17);2-7H,8H2,1H3,(H,16,17);2-8H,9H2,1H3,(H,15,16);1-6H3;2-5H,6,9H2,1H3;1-3H. The van der Waals surface area contributed by atoms with E-state index < -0.39 is 71.1 Å². The third-order valence-corrected chi connectivity index (χ3v) is 16.6. The minimum atomic E-state index is -1.06. The third-order valence-electron chi connectivity index (χ3n) is 16.1. The smallest absolute Gasteiger partial charge is 0.497 e. The van der Waals surface area contributed by atoms with Gasteiger partial charge in [-0.3, -0.25) is 4.79 Å². The van der Waals surface area contributed by atoms with Gasteiger partial charge in [0.2, 0.25) is 41.6 Å². The van der Waals surface area contributed by atoms with Crippen LogP contribution < -0.4 is 60.7 Å². The average Bonchev–Trinajstić information content (AvgIpc) is 0.858. The Labute approximate surface area is 740 Å². The highest BCUT2D eigenvalue weighted by Crippen LogP contribution is 2.23. The van der Waals surface area contributed by atoms with E-state index in [9.17, 15) is 49.9 Å². The minimum absolute atomic E-state index is 0.0463. The molecule has 8 N–H and O–H groups in total. The van der Waals surface area contributed by atoms with Crippen molar-refractivity contribution in [2.75, 3.05) is 76.4 Å². The van der Waals surface area contributed by atoms with Gasteiger partial charge in [-0.05, 0) is 236 Å². The van der Waals surface area contributed by atoms with Crippen LogP contribution in [0, 0.1) is 41.6 Å². The average molecular weight is 1830 g/mol. The van der Waals surface area contributed by atoms with Gasteiger partial charge in [0, 0.05) is 44.8 Å². The molecule has 127 heavy (non-hydrogen) atoms. The van der Waals surface area contributed by atoms with E-state index in [1.165, 1.54) is 43.5 Å². The number of esters is 1. The largest absolute Gasteiger partial charge is 0.519 e. The van der Waals surface area contributed by atoms with Crippen LogP contribution in [0.1, 0.15) is 101 Å². The lowest BCUT2D eigenvalue weighted by Gasteiger charge is -2.20. The second-order valence-electron chi connectivity index (χ2n) is 27.7. The molecule has 0 spiro atoms. The van der Waals surface area contributed by atoms with Crippen LogP contribution in [0.2, 0.25) is 0 Å². The predicted molar refractivity (Wildman–Crippen MR) is 472 cm³/mol. The zero-order valence-corrected chi connectivity index (χ0v) is 73.5. The number of aromatic nitrogens is 6. The number of pyridine rings is 6. The van der Waals surface area contributed by atoms with Crippen molar-refractivity contribution in [2.45, 2.75) is 98.6 Å². The van der Waals surface area contributed by atoms with Gasteiger partial charge in [0.05, 0.1) is 66.4 Å². The van der Waals surface area contributed by atoms with Crippen molar-refractivity contribution in [3.63, 3.8) is 0 Å². The molecule has 0 radical (unpaired) electrons. The highest BCUT2D eigenvalue weighted by atomic mass is 79.9. The Balaban J connectivity index is 0.000000261. The highest BCUT2D eigenvalue weighted by Gasteiger charge is 2.25. The molecule has 6 aromatic heterocycles. The van der Waals surface area contributed by atoms with Gasteiger partial charge in [-0.25, -0.2) is 39.3 Å². The van der Waals surface area contributed by atoms with Crippen molar-refractivity contribution in [3.05, 3.63) is 327 Å². The Hall–Kier alpha value is -14.2. The van der Waals surface area contributed by atoms with Gasteiger partial charge >= 0.3 is 18.3 Å². The summed E-state index contributed by atoms with van der Waals surface area (Å²) < 4.78 is 139. The Morgan fingerprint density at radius 2 is 0.669 bits per heavy atom. The summed E-state index contributed by atoms with van der Waals surface area (Å²) >= 11 is 3.06. The highest BCUT2D eigenvalue weighted by molar-refractivity contribution is 9.10. The Morgan fingerprint density at radius 1 is 0.370 bits per heavy atom. The van der Waals surface area contributed by atoms with Crippen molar-refractivity contribution in [3.8, 4) is 34.5 Å². The van der Waals surface area contributed by atoms with Gasteiger partial charge in [0.1, 0.15) is 80.4 Å². The number of benzene rings is 6. The van der Waals surface area contributed by atoms with Crippen LogP contribution >= 0.6 is 15.9 Å². The van der Waals surface area contributed by atoms with Crippen LogP contribution in [-0.4, -0.2) is 121 Å². The van der Waals surface area contributed by atoms with E-state index in [4.69, 9.17) is 48.7 Å². The van der Waals surface area contributed by atoms with E-state index in [0.29, 0.717) is 79.1 Å². The number of hydrogen-bond acceptors (Lipinski definition) is 27. The molecular weight excluding hydrogens is 1730 g/mol. The number of methoxy groups -OCH3 is 7. The number of aldehydes is 1. The quantitative estimate of drug-likeness (QED) is 0.00698. The number of carbonyl (C=O) groups is 4. The van der Waals surface area contributed by atoms with Gasteiger partial charge in [-0.1, -0.05) is 84.9 Å². The van der Waals surface area contributed by atoms with E-state index in [-0.39, 0.29) is 23.3 Å². The third kappa shape index (κ3) is 41.2. The molecule has 0 unspecified atom stereocenters. The molecule has 0 bridgehead atoms. The van der Waals surface area contributed by atoms with Gasteiger partial charge in [-0.2, -0.15) is 35.7 Å². The Kier molecular flexibility index (Phi) is 44.9. The molecule has 0 saturated heterocycles. The molecule has 0 saturated carbocycles. The maximum Gasteiger partial charge on any atom is 0.519 e. The van der Waals surface area contributed by atoms with E-state index in [1.54, 1.807) is 121 Å². The van der Waals surface area contributed by atoms with Gasteiger partial charge in [-0.15, -0.1) is 0 Å². The maximum atomic E-state index is 13.6. The van der Waals surface area contributed by atoms with Crippen LogP contribution in [0.15, 0.2) is 235 Å². The topological polar surface area (TPSA) is 344 Å². The fourth-order valence-electron chi connectivity index (χ4n) is 9.56. The second kappa shape index (κ2) is 55.1. The monoisotopic (exact) mass is 1820 g/mol. The Bertz CT molecular complexity index is 5250. The molecule has 6 aromatic carbocycles. The summed E-state index contributed by atoms with van der Waals surface area (Å²) in [6, 6.07) is 66.0. The van der Waals surface area contributed by atoms with Crippen molar-refractivity contribution < 1.29 is 102 Å². The predicted octanol–water partition coefficient (Wildman–Crippen LogP) is 19.4. The summed E-state index contributed by atoms with van der Waals surface area (Å²) in [7, 11) is 10.9. The molecule has 674 valence electrons. The molecule has 27 nitrogen and oxygen atoms in total. The summed E-state index contributed by atoms with van der Waals surface area (Å²) in [4.78, 5) is 65.1. The SMILES string of the molecule is CC(C)(C)OC(=O)OC(=O)OC(C)(C)C.COC(=O)c1ccc(NCc2ccc(OC)cc2)nc1F.COc1ccc(CN)cc1.COc1ccc(CNc2ccc(Br)c(F)n2)cc1.COc1ccc(CNc2ccc(C=O)c(F)n2)cc1.COc1ccc(CNc2ccc(CO)c(F)n2)cc1.COc1ccc(CNc2cccc(F)n2)cc1.Fc1cccc(F)n1. The molecule has 12 aromatic rings. The zero-order valence-electron chi connectivity index (χ0n) is 71.9. The molecule has 0 aliphatic rings. The van der Waals surface area contributed by atoms with Crippen molar-refractivity contribution >= 4 is 69.6 Å². The van der Waals surface area contributed by atoms with Crippen LogP contribution in [0.3, 0.4) is 0 Å². The van der Waals surface area contributed by atoms with E-state index in [1.807, 2.05) is 146 Å². The van der Waals surface area contributed by atoms with Crippen LogP contribution in [0.25, 0.3) is 0 Å². The molecule has 12 rings (SSSR count). The Morgan fingerprint density at radius 3 is 0.945 bits per heavy atom. The lowest BCUT2D eigenvalue weighted by atomic mass is 10.2. The van der Waals surface area contributed by atoms with Crippen LogP contribution in [0.5, 0.6) is 34.5 Å². The fourth-order valence-corrected chi connectivity index (χ4v) is 9.78. The normalized spacial score (nSPS) is 10.2. The summed E-state index contributed by atoms with van der Waals surface area (Å²) in [6.07, 6.45) is -1.68. The summed E-state index contributed by atoms with van der Waals surface area (Å²) in [5, 5.41) is 23.9. The molecular formula is C92H100BrF7N12O15. The van der Waals surface area contributed by atoms with E-state index in [0.717, 1.165) is 80.0 Å². The van der Waals surface area contributed by atoms with Crippen molar-refractivity contribution in [1.82, 2.24) is 29.9 Å². The molecule has 0 amide bonds. The second-order valence-corrected chi connectivity index (χ2v) is 28.6. The van der Waals surface area contributed by atoms with Gasteiger partial charge in [0.25, 0.3) is 0 Å². The van der Waals surface area contributed by atoms with Gasteiger partial charge < -0.3 is 84.8 Å². The molecule has 0 aliphatic carbocycles. The number of aliphatic hydroxyl groups is 1. The van der Waals surface area contributed by atoms with Crippen molar-refractivity contribution in [1.29, 1.82) is 0 Å². The number of nitrogens with one attached hydrogen (secondary N) is 5. The lowest BCUT2D eigenvalue weighted by molar-refractivity contribution is -0.0294. The zero-order chi connectivity index (χ0) is 93.3. The molecule has 35 heteroatoms. The molecule has 0 fully saturated rings. The summed E-state index contributed by atoms with van der Waals surface area (Å²) in [6.45, 7) is 13.0. The molecule has 6 heterocycles. The van der Waals surface area contributed by atoms with E-state index >= 15 is 0 Å². The summed E-state index contributed by atoms with van der Waals surface area (Å²) in [5.74, 6) is 1.44. The number of ether oxygens (including phenoxy) is 10. The molecule has 0 aliphatic heterocycles. The number of halogens is 8. The summed E-state index contributed by atoms with van der Waals surface area (Å²) in [5.41, 5.74) is 10.3. The first-order valence-corrected chi connectivity index (χ1v) is 39.2. The first-order chi connectivity index (χ1) is 60.7. The first-order valence-electron chi connectivity index (χ1n) is 38.4. The number of aliphatic hydroxyl groups excluding tert-OH is 1. The lowest BCUT2D eigenvalue weighted by Crippen LogP contribution is -2.29. The number of carbonyl (C=O) groups excluding carboxylic acids is 4.